The highest BCUT2D eigenvalue weighted by atomic mass is 79.9. The molecule has 0 aliphatic carbocycles. The quantitative estimate of drug-likeness (QED) is 0.865. The van der Waals surface area contributed by atoms with Crippen LogP contribution in [0.5, 0.6) is 0 Å². The summed E-state index contributed by atoms with van der Waals surface area (Å²) in [7, 11) is 0. The Hall–Kier alpha value is -1.36. The number of hydrogen-bond acceptors (Lipinski definition) is 2. The molecule has 0 atom stereocenters. The molecule has 0 bridgehead atoms. The van der Waals surface area contributed by atoms with Crippen LogP contribution in [0.25, 0.3) is 0 Å². The third-order valence-corrected chi connectivity index (χ3v) is 3.53. The fourth-order valence-electron chi connectivity index (χ4n) is 2.11. The summed E-state index contributed by atoms with van der Waals surface area (Å²) in [6, 6.07) is 7.08. The lowest BCUT2D eigenvalue weighted by atomic mass is 10.2. The second kappa shape index (κ2) is 6.70. The maximum Gasteiger partial charge on any atom is 0.253 e. The summed E-state index contributed by atoms with van der Waals surface area (Å²) in [5.74, 6) is 0.0475. The monoisotopic (exact) mass is 324 g/mol. The molecule has 4 nitrogen and oxygen atoms in total. The molecule has 5 heteroatoms. The van der Waals surface area contributed by atoms with E-state index in [1.165, 1.54) is 0 Å². The van der Waals surface area contributed by atoms with Crippen molar-refractivity contribution < 1.29 is 9.59 Å². The molecule has 0 unspecified atom stereocenters. The van der Waals surface area contributed by atoms with E-state index in [-0.39, 0.29) is 11.8 Å². The van der Waals surface area contributed by atoms with Crippen LogP contribution in [0.15, 0.2) is 24.3 Å². The lowest BCUT2D eigenvalue weighted by molar-refractivity contribution is -0.115. The van der Waals surface area contributed by atoms with Crippen LogP contribution >= 0.6 is 15.9 Å². The van der Waals surface area contributed by atoms with E-state index in [2.05, 4.69) is 21.2 Å². The van der Waals surface area contributed by atoms with Crippen LogP contribution in [0.1, 0.15) is 29.6 Å². The molecule has 19 heavy (non-hydrogen) atoms. The van der Waals surface area contributed by atoms with Crippen molar-refractivity contribution in [2.75, 3.05) is 23.7 Å². The van der Waals surface area contributed by atoms with Gasteiger partial charge in [0.05, 0.1) is 0 Å². The van der Waals surface area contributed by atoms with E-state index in [0.29, 0.717) is 17.3 Å². The second-order valence-electron chi connectivity index (χ2n) is 4.56. The van der Waals surface area contributed by atoms with Gasteiger partial charge >= 0.3 is 0 Å². The third-order valence-electron chi connectivity index (χ3n) is 3.13. The summed E-state index contributed by atoms with van der Waals surface area (Å²) < 4.78 is 0. The predicted octanol–water partition coefficient (Wildman–Crippen LogP) is 2.65. The van der Waals surface area contributed by atoms with E-state index in [1.54, 1.807) is 24.3 Å². The Morgan fingerprint density at radius 1 is 1.16 bits per heavy atom. The Morgan fingerprint density at radius 2 is 1.79 bits per heavy atom. The van der Waals surface area contributed by atoms with Gasteiger partial charge in [0.15, 0.2) is 0 Å². The molecule has 2 rings (SSSR count). The molecule has 0 spiro atoms. The molecule has 1 N–H and O–H groups in total. The van der Waals surface area contributed by atoms with Crippen LogP contribution < -0.4 is 5.32 Å². The lowest BCUT2D eigenvalue weighted by Gasteiger charge is -2.15. The first-order valence-electron chi connectivity index (χ1n) is 6.46. The zero-order valence-corrected chi connectivity index (χ0v) is 12.3. The number of rotatable bonds is 4. The van der Waals surface area contributed by atoms with Gasteiger partial charge in [0.1, 0.15) is 0 Å². The molecule has 0 saturated carbocycles. The van der Waals surface area contributed by atoms with Gasteiger partial charge in [0.2, 0.25) is 5.91 Å². The molecule has 1 fully saturated rings. The van der Waals surface area contributed by atoms with Gasteiger partial charge in [-0.2, -0.15) is 0 Å². The first kappa shape index (κ1) is 14.1. The molecular formula is C14H17BrN2O2. The second-order valence-corrected chi connectivity index (χ2v) is 5.36. The smallest absolute Gasteiger partial charge is 0.253 e. The van der Waals surface area contributed by atoms with E-state index >= 15 is 0 Å². The molecular weight excluding hydrogens is 308 g/mol. The van der Waals surface area contributed by atoms with E-state index in [9.17, 15) is 9.59 Å². The fourth-order valence-corrected chi connectivity index (χ4v) is 2.47. The molecule has 1 saturated heterocycles. The van der Waals surface area contributed by atoms with E-state index in [4.69, 9.17) is 0 Å². The first-order valence-corrected chi connectivity index (χ1v) is 7.58. The van der Waals surface area contributed by atoms with Gasteiger partial charge in [-0.25, -0.2) is 0 Å². The van der Waals surface area contributed by atoms with Crippen molar-refractivity contribution in [3.8, 4) is 0 Å². The lowest BCUT2D eigenvalue weighted by Crippen LogP contribution is -2.27. The number of likely N-dealkylation sites (tertiary alicyclic amines) is 1. The SMILES string of the molecule is O=C(CCBr)Nc1ccc(C(=O)N2CCCC2)cc1. The number of nitrogens with zero attached hydrogens (tertiary/aromatic N) is 1. The molecule has 1 aromatic carbocycles. The van der Waals surface area contributed by atoms with Crippen LogP contribution in [-0.4, -0.2) is 35.1 Å². The maximum absolute atomic E-state index is 12.1. The Kier molecular flexibility index (Phi) is 4.96. The summed E-state index contributed by atoms with van der Waals surface area (Å²) in [5.41, 5.74) is 1.41. The highest BCUT2D eigenvalue weighted by molar-refractivity contribution is 9.09. The van der Waals surface area contributed by atoms with Crippen molar-refractivity contribution in [1.82, 2.24) is 4.90 Å². The Labute approximate surface area is 121 Å². The Balaban J connectivity index is 1.97. The van der Waals surface area contributed by atoms with Crippen molar-refractivity contribution in [3.63, 3.8) is 0 Å². The van der Waals surface area contributed by atoms with Crippen LogP contribution in [0.4, 0.5) is 5.69 Å². The topological polar surface area (TPSA) is 49.4 Å². The first-order chi connectivity index (χ1) is 9.20. The minimum absolute atomic E-state index is 0.0319. The van der Waals surface area contributed by atoms with Gasteiger partial charge in [-0.05, 0) is 37.1 Å². The van der Waals surface area contributed by atoms with Crippen molar-refractivity contribution in [2.45, 2.75) is 19.3 Å². The minimum atomic E-state index is -0.0319. The summed E-state index contributed by atoms with van der Waals surface area (Å²) in [5, 5.41) is 3.43. The largest absolute Gasteiger partial charge is 0.339 e. The number of halogens is 1. The van der Waals surface area contributed by atoms with Gasteiger partial charge in [0.25, 0.3) is 5.91 Å². The van der Waals surface area contributed by atoms with Crippen LogP contribution in [0.2, 0.25) is 0 Å². The highest BCUT2D eigenvalue weighted by Gasteiger charge is 2.19. The van der Waals surface area contributed by atoms with Gasteiger partial charge in [0, 0.05) is 36.1 Å². The molecule has 1 heterocycles. The van der Waals surface area contributed by atoms with Crippen LogP contribution in [0, 0.1) is 0 Å². The van der Waals surface area contributed by atoms with E-state index < -0.39 is 0 Å². The van der Waals surface area contributed by atoms with Crippen molar-refractivity contribution in [3.05, 3.63) is 29.8 Å². The number of anilines is 1. The molecule has 2 amide bonds. The number of alkyl halides is 1. The Bertz CT molecular complexity index is 453. The van der Waals surface area contributed by atoms with Gasteiger partial charge in [-0.3, -0.25) is 9.59 Å². The normalized spacial score (nSPS) is 14.5. The number of nitrogens with one attached hydrogen (secondary N) is 1. The average molecular weight is 325 g/mol. The minimum Gasteiger partial charge on any atom is -0.339 e. The number of carbonyl (C=O) groups is 2. The molecule has 1 aliphatic rings. The summed E-state index contributed by atoms with van der Waals surface area (Å²) in [4.78, 5) is 25.4. The fraction of sp³-hybridized carbons (Fsp3) is 0.429. The molecule has 102 valence electrons. The van der Waals surface area contributed by atoms with Crippen molar-refractivity contribution >= 4 is 33.4 Å². The average Bonchev–Trinajstić information content (AvgIpc) is 2.93. The third kappa shape index (κ3) is 3.80. The number of amides is 2. The highest BCUT2D eigenvalue weighted by Crippen LogP contribution is 2.15. The Morgan fingerprint density at radius 3 is 2.37 bits per heavy atom. The van der Waals surface area contributed by atoms with Gasteiger partial charge < -0.3 is 10.2 Å². The zero-order chi connectivity index (χ0) is 13.7. The summed E-state index contributed by atoms with van der Waals surface area (Å²) in [6.45, 7) is 1.70. The van der Waals surface area contributed by atoms with E-state index in [0.717, 1.165) is 31.6 Å². The zero-order valence-electron chi connectivity index (χ0n) is 10.7. The van der Waals surface area contributed by atoms with Crippen molar-refractivity contribution in [1.29, 1.82) is 0 Å². The summed E-state index contributed by atoms with van der Waals surface area (Å²) in [6.07, 6.45) is 2.62. The number of carbonyl (C=O) groups excluding carboxylic acids is 2. The standard InChI is InChI=1S/C14H17BrN2O2/c15-8-7-13(18)16-12-5-3-11(4-6-12)14(19)17-9-1-2-10-17/h3-6H,1-2,7-10H2,(H,16,18). The predicted molar refractivity (Wildman–Crippen MR) is 78.6 cm³/mol. The molecule has 1 aromatic rings. The number of benzene rings is 1. The van der Waals surface area contributed by atoms with Crippen LogP contribution in [0.3, 0.4) is 0 Å². The molecule has 0 radical (unpaired) electrons. The number of hydrogen-bond donors (Lipinski definition) is 1. The summed E-state index contributed by atoms with van der Waals surface area (Å²) >= 11 is 3.22. The molecule has 0 aromatic heterocycles. The van der Waals surface area contributed by atoms with Crippen molar-refractivity contribution in [2.24, 2.45) is 0 Å². The van der Waals surface area contributed by atoms with Gasteiger partial charge in [-0.15, -0.1) is 0 Å². The van der Waals surface area contributed by atoms with Gasteiger partial charge in [-0.1, -0.05) is 15.9 Å². The maximum atomic E-state index is 12.1. The molecule has 1 aliphatic heterocycles. The van der Waals surface area contributed by atoms with E-state index in [1.807, 2.05) is 4.90 Å². The van der Waals surface area contributed by atoms with Crippen LogP contribution in [-0.2, 0) is 4.79 Å².